The van der Waals surface area contributed by atoms with Crippen LogP contribution in [0.4, 0.5) is 4.79 Å². The quantitative estimate of drug-likeness (QED) is 0.639. The lowest BCUT2D eigenvalue weighted by molar-refractivity contribution is -0.144. The van der Waals surface area contributed by atoms with Gasteiger partial charge in [-0.15, -0.1) is 0 Å². The van der Waals surface area contributed by atoms with Gasteiger partial charge in [0.15, 0.2) is 0 Å². The highest BCUT2D eigenvalue weighted by atomic mass is 16.5. The number of carbonyl (C=O) groups is 3. The van der Waals surface area contributed by atoms with Gasteiger partial charge in [-0.2, -0.15) is 0 Å². The molecule has 6 nitrogen and oxygen atoms in total. The number of urea groups is 1. The number of nitrogens with one attached hydrogen (secondary N) is 1. The number of rotatable bonds is 6. The first kappa shape index (κ1) is 17.9. The van der Waals surface area contributed by atoms with Crippen molar-refractivity contribution in [1.29, 1.82) is 0 Å². The van der Waals surface area contributed by atoms with Gasteiger partial charge in [-0.3, -0.25) is 14.5 Å². The summed E-state index contributed by atoms with van der Waals surface area (Å²) in [5, 5.41) is 4.70. The van der Waals surface area contributed by atoms with E-state index in [0.717, 1.165) is 27.7 Å². The molecule has 6 heteroatoms. The van der Waals surface area contributed by atoms with Crippen molar-refractivity contribution in [2.45, 2.75) is 32.2 Å². The van der Waals surface area contributed by atoms with Crippen molar-refractivity contribution in [1.82, 2.24) is 10.2 Å². The third-order valence-electron chi connectivity index (χ3n) is 4.61. The molecule has 26 heavy (non-hydrogen) atoms. The lowest BCUT2D eigenvalue weighted by atomic mass is 9.88. The molecule has 2 aromatic rings. The van der Waals surface area contributed by atoms with Crippen molar-refractivity contribution >= 4 is 28.7 Å². The Morgan fingerprint density at radius 2 is 1.88 bits per heavy atom. The number of amides is 3. The number of esters is 1. The van der Waals surface area contributed by atoms with Crippen LogP contribution in [-0.2, 0) is 19.9 Å². The molecule has 0 bridgehead atoms. The summed E-state index contributed by atoms with van der Waals surface area (Å²) in [5.41, 5.74) is -0.421. The maximum absolute atomic E-state index is 13.0. The maximum Gasteiger partial charge on any atom is 0.325 e. The summed E-state index contributed by atoms with van der Waals surface area (Å²) in [4.78, 5) is 38.2. The van der Waals surface area contributed by atoms with Gasteiger partial charge in [-0.25, -0.2) is 4.79 Å². The van der Waals surface area contributed by atoms with E-state index < -0.39 is 17.5 Å². The van der Waals surface area contributed by atoms with Crippen LogP contribution in [0.5, 0.6) is 0 Å². The van der Waals surface area contributed by atoms with Gasteiger partial charge in [0, 0.05) is 6.54 Å². The van der Waals surface area contributed by atoms with Crippen molar-refractivity contribution in [3.8, 4) is 0 Å². The maximum atomic E-state index is 13.0. The van der Waals surface area contributed by atoms with Crippen LogP contribution in [0, 0.1) is 0 Å². The van der Waals surface area contributed by atoms with Gasteiger partial charge in [-0.1, -0.05) is 49.4 Å². The number of imide groups is 1. The third-order valence-corrected chi connectivity index (χ3v) is 4.61. The molecular formula is C20H22N2O4. The minimum atomic E-state index is -1.16. The van der Waals surface area contributed by atoms with E-state index in [0.29, 0.717) is 6.61 Å². The molecule has 0 unspecified atom stereocenters. The van der Waals surface area contributed by atoms with Gasteiger partial charge >= 0.3 is 12.0 Å². The normalized spacial score (nSPS) is 19.7. The Morgan fingerprint density at radius 3 is 2.65 bits per heavy atom. The molecular weight excluding hydrogens is 332 g/mol. The van der Waals surface area contributed by atoms with Gasteiger partial charge in [0.05, 0.1) is 13.0 Å². The van der Waals surface area contributed by atoms with Crippen LogP contribution in [0.2, 0.25) is 0 Å². The molecule has 1 aliphatic heterocycles. The second-order valence-electron chi connectivity index (χ2n) is 6.51. The molecule has 1 N–H and O–H groups in total. The molecule has 1 atom stereocenters. The molecule has 0 spiro atoms. The fraction of sp³-hybridized carbons (Fsp3) is 0.350. The van der Waals surface area contributed by atoms with Gasteiger partial charge in [0.25, 0.3) is 5.91 Å². The van der Waals surface area contributed by atoms with Crippen molar-refractivity contribution < 1.29 is 19.1 Å². The molecule has 136 valence electrons. The average Bonchev–Trinajstić information content (AvgIpc) is 2.87. The van der Waals surface area contributed by atoms with Crippen LogP contribution in [-0.4, -0.2) is 36.0 Å². The highest BCUT2D eigenvalue weighted by Gasteiger charge is 2.49. The number of benzene rings is 2. The third kappa shape index (κ3) is 3.14. The molecule has 2 aromatic carbocycles. The second kappa shape index (κ2) is 7.15. The van der Waals surface area contributed by atoms with Crippen LogP contribution >= 0.6 is 0 Å². The van der Waals surface area contributed by atoms with E-state index in [1.165, 1.54) is 0 Å². The first-order valence-corrected chi connectivity index (χ1v) is 8.75. The highest BCUT2D eigenvalue weighted by molar-refractivity contribution is 6.09. The van der Waals surface area contributed by atoms with Gasteiger partial charge < -0.3 is 10.1 Å². The lowest BCUT2D eigenvalue weighted by Crippen LogP contribution is -2.41. The number of hydrogen-bond donors (Lipinski definition) is 1. The zero-order valence-electron chi connectivity index (χ0n) is 15.0. The predicted molar refractivity (Wildman–Crippen MR) is 97.4 cm³/mol. The van der Waals surface area contributed by atoms with Gasteiger partial charge in [0.2, 0.25) is 0 Å². The molecule has 1 saturated heterocycles. The zero-order valence-corrected chi connectivity index (χ0v) is 15.0. The summed E-state index contributed by atoms with van der Waals surface area (Å²) in [5.74, 6) is -0.770. The van der Waals surface area contributed by atoms with E-state index >= 15 is 0 Å². The van der Waals surface area contributed by atoms with Crippen molar-refractivity contribution in [2.75, 3.05) is 13.2 Å². The highest BCUT2D eigenvalue weighted by Crippen LogP contribution is 2.33. The molecule has 0 aromatic heterocycles. The molecule has 3 amide bonds. The molecule has 1 fully saturated rings. The smallest absolute Gasteiger partial charge is 0.325 e. The van der Waals surface area contributed by atoms with Crippen LogP contribution in [0.3, 0.4) is 0 Å². The number of ether oxygens (including phenoxy) is 1. The first-order chi connectivity index (χ1) is 12.5. The largest absolute Gasteiger partial charge is 0.466 e. The van der Waals surface area contributed by atoms with Crippen LogP contribution in [0.25, 0.3) is 10.8 Å². The summed E-state index contributed by atoms with van der Waals surface area (Å²) in [7, 11) is 0. The number of hydrogen-bond acceptors (Lipinski definition) is 4. The summed E-state index contributed by atoms with van der Waals surface area (Å²) >= 11 is 0. The zero-order chi connectivity index (χ0) is 18.7. The molecule has 0 saturated carbocycles. The monoisotopic (exact) mass is 354 g/mol. The standard InChI is InChI=1S/C20H22N2O4/c1-3-13-26-17(23)11-12-22-18(24)20(2,21-19(22)25)16-10-6-8-14-7-4-5-9-15(14)16/h4-10H,3,11-13H2,1-2H3,(H,21,25)/t20-/m0/s1. The minimum Gasteiger partial charge on any atom is -0.466 e. The van der Waals surface area contributed by atoms with E-state index in [1.807, 2.05) is 49.4 Å². The molecule has 0 radical (unpaired) electrons. The summed E-state index contributed by atoms with van der Waals surface area (Å²) < 4.78 is 5.01. The van der Waals surface area contributed by atoms with Gasteiger partial charge in [-0.05, 0) is 29.7 Å². The topological polar surface area (TPSA) is 75.7 Å². The number of nitrogens with zero attached hydrogens (tertiary/aromatic N) is 1. The van der Waals surface area contributed by atoms with E-state index in [1.54, 1.807) is 6.92 Å². The first-order valence-electron chi connectivity index (χ1n) is 8.75. The van der Waals surface area contributed by atoms with Gasteiger partial charge in [0.1, 0.15) is 5.54 Å². The second-order valence-corrected chi connectivity index (χ2v) is 6.51. The van der Waals surface area contributed by atoms with Crippen molar-refractivity contribution in [2.24, 2.45) is 0 Å². The molecule has 3 rings (SSSR count). The van der Waals surface area contributed by atoms with E-state index in [-0.39, 0.29) is 18.9 Å². The molecule has 1 heterocycles. The lowest BCUT2D eigenvalue weighted by Gasteiger charge is -2.24. The Labute approximate surface area is 152 Å². The Morgan fingerprint density at radius 1 is 1.15 bits per heavy atom. The Kier molecular flexibility index (Phi) is 4.93. The predicted octanol–water partition coefficient (Wildman–Crippen LogP) is 2.95. The van der Waals surface area contributed by atoms with E-state index in [9.17, 15) is 14.4 Å². The molecule has 0 aliphatic carbocycles. The SMILES string of the molecule is CCCOC(=O)CCN1C(=O)N[C@@](C)(c2cccc3ccccc23)C1=O. The van der Waals surface area contributed by atoms with Crippen LogP contribution < -0.4 is 5.32 Å². The van der Waals surface area contributed by atoms with E-state index in [2.05, 4.69) is 5.32 Å². The Balaban J connectivity index is 1.84. The van der Waals surface area contributed by atoms with Crippen molar-refractivity contribution in [3.05, 3.63) is 48.0 Å². The number of carbonyl (C=O) groups excluding carboxylic acids is 3. The minimum absolute atomic E-state index is 0.00751. The summed E-state index contributed by atoms with van der Waals surface area (Å²) in [6.07, 6.45) is 0.721. The van der Waals surface area contributed by atoms with E-state index in [4.69, 9.17) is 4.74 Å². The summed E-state index contributed by atoms with van der Waals surface area (Å²) in [6.45, 7) is 3.95. The van der Waals surface area contributed by atoms with Crippen LogP contribution in [0.15, 0.2) is 42.5 Å². The fourth-order valence-electron chi connectivity index (χ4n) is 3.24. The van der Waals surface area contributed by atoms with Crippen LogP contribution in [0.1, 0.15) is 32.3 Å². The Hall–Kier alpha value is -2.89. The fourth-order valence-corrected chi connectivity index (χ4v) is 3.24. The molecule has 1 aliphatic rings. The average molecular weight is 354 g/mol. The Bertz CT molecular complexity index is 859. The summed E-state index contributed by atoms with van der Waals surface area (Å²) in [6, 6.07) is 12.9. The van der Waals surface area contributed by atoms with Crippen molar-refractivity contribution in [3.63, 3.8) is 0 Å². The number of fused-ring (bicyclic) bond motifs is 1.